The molecule has 1 aromatic carbocycles. The predicted molar refractivity (Wildman–Crippen MR) is 76.6 cm³/mol. The van der Waals surface area contributed by atoms with Gasteiger partial charge in [0, 0.05) is 11.5 Å². The minimum absolute atomic E-state index is 0.167. The molecule has 0 aliphatic carbocycles. The Bertz CT molecular complexity index is 575. The predicted octanol–water partition coefficient (Wildman–Crippen LogP) is 4.03. The van der Waals surface area contributed by atoms with E-state index in [-0.39, 0.29) is 11.6 Å². The van der Waals surface area contributed by atoms with Crippen LogP contribution in [0.5, 0.6) is 0 Å². The summed E-state index contributed by atoms with van der Waals surface area (Å²) < 4.78 is 10.9. The number of benzene rings is 1. The van der Waals surface area contributed by atoms with Crippen LogP contribution in [0.1, 0.15) is 49.5 Å². The van der Waals surface area contributed by atoms with Crippen LogP contribution < -0.4 is 0 Å². The first kappa shape index (κ1) is 14.3. The molecule has 1 heterocycles. The van der Waals surface area contributed by atoms with Crippen LogP contribution in [0.4, 0.5) is 0 Å². The lowest BCUT2D eigenvalue weighted by molar-refractivity contribution is 0.0520. The maximum absolute atomic E-state index is 12.0. The van der Waals surface area contributed by atoms with Gasteiger partial charge in [0.15, 0.2) is 17.3 Å². The highest BCUT2D eigenvalue weighted by Crippen LogP contribution is 2.29. The first-order valence-corrected chi connectivity index (χ1v) is 6.90. The van der Waals surface area contributed by atoms with Gasteiger partial charge in [-0.25, -0.2) is 9.78 Å². The standard InChI is InChI=1S/C16H19NO3/c1-4-11(3)15-17-13(16(18)19-5-2)14(20-15)12-9-7-6-8-10-12/h6-11H,4-5H2,1-3H3. The molecule has 0 bridgehead atoms. The molecule has 1 unspecified atom stereocenters. The fourth-order valence-electron chi connectivity index (χ4n) is 1.85. The molecule has 20 heavy (non-hydrogen) atoms. The fourth-order valence-corrected chi connectivity index (χ4v) is 1.85. The fraction of sp³-hybridized carbons (Fsp3) is 0.375. The zero-order chi connectivity index (χ0) is 14.5. The smallest absolute Gasteiger partial charge is 0.360 e. The summed E-state index contributed by atoms with van der Waals surface area (Å²) >= 11 is 0. The normalized spacial score (nSPS) is 12.2. The van der Waals surface area contributed by atoms with Crippen molar-refractivity contribution in [2.24, 2.45) is 0 Å². The highest BCUT2D eigenvalue weighted by Gasteiger charge is 2.24. The highest BCUT2D eigenvalue weighted by molar-refractivity contribution is 5.93. The quantitative estimate of drug-likeness (QED) is 0.772. The molecule has 4 heteroatoms. The molecule has 0 radical (unpaired) electrons. The first-order valence-electron chi connectivity index (χ1n) is 6.90. The van der Waals surface area contributed by atoms with E-state index in [0.717, 1.165) is 12.0 Å². The summed E-state index contributed by atoms with van der Waals surface area (Å²) in [6.07, 6.45) is 0.900. The minimum Gasteiger partial charge on any atom is -0.461 e. The molecule has 0 fully saturated rings. The van der Waals surface area contributed by atoms with E-state index in [1.165, 1.54) is 0 Å². The molecule has 2 rings (SSSR count). The van der Waals surface area contributed by atoms with Gasteiger partial charge in [-0.3, -0.25) is 0 Å². The van der Waals surface area contributed by atoms with Crippen LogP contribution in [-0.4, -0.2) is 17.6 Å². The molecular weight excluding hydrogens is 254 g/mol. The number of oxazole rings is 1. The number of carbonyl (C=O) groups excluding carboxylic acids is 1. The summed E-state index contributed by atoms with van der Waals surface area (Å²) in [5.41, 5.74) is 1.09. The van der Waals surface area contributed by atoms with Crippen molar-refractivity contribution in [2.75, 3.05) is 6.61 Å². The summed E-state index contributed by atoms with van der Waals surface area (Å²) in [6.45, 7) is 6.17. The zero-order valence-corrected chi connectivity index (χ0v) is 12.1. The summed E-state index contributed by atoms with van der Waals surface area (Å²) in [4.78, 5) is 16.4. The van der Waals surface area contributed by atoms with Crippen molar-refractivity contribution in [2.45, 2.75) is 33.1 Å². The second kappa shape index (κ2) is 6.37. The van der Waals surface area contributed by atoms with Crippen molar-refractivity contribution in [1.29, 1.82) is 0 Å². The van der Waals surface area contributed by atoms with Gasteiger partial charge in [0.2, 0.25) is 0 Å². The third kappa shape index (κ3) is 2.90. The van der Waals surface area contributed by atoms with E-state index in [1.54, 1.807) is 6.92 Å². The van der Waals surface area contributed by atoms with Crippen LogP contribution in [0.2, 0.25) is 0 Å². The van der Waals surface area contributed by atoms with Gasteiger partial charge in [-0.2, -0.15) is 0 Å². The first-order chi connectivity index (χ1) is 9.67. The summed E-state index contributed by atoms with van der Waals surface area (Å²) in [5, 5.41) is 0. The largest absolute Gasteiger partial charge is 0.461 e. The van der Waals surface area contributed by atoms with Crippen molar-refractivity contribution in [1.82, 2.24) is 4.98 Å². The van der Waals surface area contributed by atoms with E-state index in [1.807, 2.05) is 37.3 Å². The van der Waals surface area contributed by atoms with Crippen LogP contribution in [0, 0.1) is 0 Å². The second-order valence-electron chi connectivity index (χ2n) is 4.63. The monoisotopic (exact) mass is 273 g/mol. The number of aromatic nitrogens is 1. The third-order valence-corrected chi connectivity index (χ3v) is 3.18. The van der Waals surface area contributed by atoms with Crippen molar-refractivity contribution in [3.05, 3.63) is 41.9 Å². The summed E-state index contributed by atoms with van der Waals surface area (Å²) in [6, 6.07) is 9.50. The number of nitrogens with zero attached hydrogens (tertiary/aromatic N) is 1. The van der Waals surface area contributed by atoms with E-state index >= 15 is 0 Å². The van der Waals surface area contributed by atoms with Gasteiger partial charge in [0.25, 0.3) is 0 Å². The van der Waals surface area contributed by atoms with Gasteiger partial charge < -0.3 is 9.15 Å². The van der Waals surface area contributed by atoms with E-state index in [9.17, 15) is 4.79 Å². The Morgan fingerprint density at radius 3 is 2.60 bits per heavy atom. The summed E-state index contributed by atoms with van der Waals surface area (Å²) in [7, 11) is 0. The lowest BCUT2D eigenvalue weighted by atomic mass is 10.1. The van der Waals surface area contributed by atoms with E-state index < -0.39 is 5.97 Å². The molecule has 4 nitrogen and oxygen atoms in total. The van der Waals surface area contributed by atoms with Gasteiger partial charge in [-0.1, -0.05) is 44.2 Å². The highest BCUT2D eigenvalue weighted by atomic mass is 16.5. The van der Waals surface area contributed by atoms with E-state index in [2.05, 4.69) is 11.9 Å². The number of esters is 1. The molecule has 106 valence electrons. The molecular formula is C16H19NO3. The number of carbonyl (C=O) groups is 1. The van der Waals surface area contributed by atoms with Crippen molar-refractivity contribution in [3.8, 4) is 11.3 Å². The maximum Gasteiger partial charge on any atom is 0.360 e. The van der Waals surface area contributed by atoms with Gasteiger partial charge in [-0.05, 0) is 13.3 Å². The molecule has 0 saturated carbocycles. The minimum atomic E-state index is -0.440. The Hall–Kier alpha value is -2.10. The molecule has 0 amide bonds. The van der Waals surface area contributed by atoms with Crippen LogP contribution in [0.15, 0.2) is 34.7 Å². The summed E-state index contributed by atoms with van der Waals surface area (Å²) in [5.74, 6) is 0.791. The third-order valence-electron chi connectivity index (χ3n) is 3.18. The molecule has 0 N–H and O–H groups in total. The number of ether oxygens (including phenoxy) is 1. The Morgan fingerprint density at radius 1 is 1.30 bits per heavy atom. The molecule has 0 aliphatic rings. The average molecular weight is 273 g/mol. The van der Waals surface area contributed by atoms with Gasteiger partial charge in [-0.15, -0.1) is 0 Å². The second-order valence-corrected chi connectivity index (χ2v) is 4.63. The zero-order valence-electron chi connectivity index (χ0n) is 12.1. The SMILES string of the molecule is CCOC(=O)c1nc(C(C)CC)oc1-c1ccccc1. The Kier molecular flexibility index (Phi) is 4.56. The number of rotatable bonds is 5. The molecule has 1 aromatic heterocycles. The van der Waals surface area contributed by atoms with Crippen LogP contribution in [0.3, 0.4) is 0 Å². The number of hydrogen-bond donors (Lipinski definition) is 0. The van der Waals surface area contributed by atoms with Gasteiger partial charge in [0.1, 0.15) is 0 Å². The van der Waals surface area contributed by atoms with E-state index in [4.69, 9.17) is 9.15 Å². The molecule has 2 aromatic rings. The topological polar surface area (TPSA) is 52.3 Å². The van der Waals surface area contributed by atoms with Crippen LogP contribution in [-0.2, 0) is 4.74 Å². The van der Waals surface area contributed by atoms with Crippen LogP contribution in [0.25, 0.3) is 11.3 Å². The average Bonchev–Trinajstić information content (AvgIpc) is 2.93. The van der Waals surface area contributed by atoms with Crippen LogP contribution >= 0.6 is 0 Å². The Morgan fingerprint density at radius 2 is 2.00 bits per heavy atom. The number of hydrogen-bond acceptors (Lipinski definition) is 4. The molecule has 1 atom stereocenters. The lowest BCUT2D eigenvalue weighted by Crippen LogP contribution is -2.07. The Labute approximate surface area is 118 Å². The van der Waals surface area contributed by atoms with Crippen molar-refractivity contribution < 1.29 is 13.9 Å². The van der Waals surface area contributed by atoms with Crippen molar-refractivity contribution in [3.63, 3.8) is 0 Å². The molecule has 0 aliphatic heterocycles. The lowest BCUT2D eigenvalue weighted by Gasteiger charge is -2.01. The van der Waals surface area contributed by atoms with Gasteiger partial charge in [0.05, 0.1) is 6.61 Å². The van der Waals surface area contributed by atoms with Gasteiger partial charge >= 0.3 is 5.97 Å². The van der Waals surface area contributed by atoms with Crippen molar-refractivity contribution >= 4 is 5.97 Å². The molecule has 0 saturated heterocycles. The molecule has 0 spiro atoms. The van der Waals surface area contributed by atoms with E-state index in [0.29, 0.717) is 18.3 Å². The maximum atomic E-state index is 12.0. The Balaban J connectivity index is 2.48.